The number of carbonyl (C=O) groups is 1. The molecule has 116 valence electrons. The Morgan fingerprint density at radius 2 is 1.82 bits per heavy atom. The second-order valence-electron chi connectivity index (χ2n) is 5.98. The van der Waals surface area contributed by atoms with Gasteiger partial charge in [-0.05, 0) is 38.0 Å². The van der Waals surface area contributed by atoms with Crippen LogP contribution in [-0.2, 0) is 11.3 Å². The van der Waals surface area contributed by atoms with Crippen LogP contribution in [0.3, 0.4) is 0 Å². The first-order valence-corrected chi connectivity index (χ1v) is 7.09. The molecule has 2 N–H and O–H groups in total. The first-order valence-electron chi connectivity index (χ1n) is 7.09. The zero-order chi connectivity index (χ0) is 16.2. The highest BCUT2D eigenvalue weighted by molar-refractivity contribution is 5.67. The van der Waals surface area contributed by atoms with Crippen molar-refractivity contribution in [1.29, 1.82) is 0 Å². The van der Waals surface area contributed by atoms with Gasteiger partial charge in [-0.3, -0.25) is 4.79 Å². The second-order valence-corrected chi connectivity index (χ2v) is 5.98. The average Bonchev–Trinajstić information content (AvgIpc) is 2.44. The van der Waals surface area contributed by atoms with E-state index in [0.717, 1.165) is 16.8 Å². The van der Waals surface area contributed by atoms with Gasteiger partial charge in [-0.25, -0.2) is 4.79 Å². The van der Waals surface area contributed by atoms with Crippen LogP contribution in [0, 0.1) is 0 Å². The number of benzene rings is 1. The average molecular weight is 300 g/mol. The molecule has 0 aliphatic carbocycles. The van der Waals surface area contributed by atoms with Crippen molar-refractivity contribution in [2.75, 3.05) is 0 Å². The second kappa shape index (κ2) is 6.47. The predicted molar refractivity (Wildman–Crippen MR) is 85.6 cm³/mol. The number of carbonyl (C=O) groups excluding carboxylic acids is 1. The fraction of sp³-hybridized carbons (Fsp3) is 0.294. The largest absolute Gasteiger partial charge is 0.444 e. The van der Waals surface area contributed by atoms with E-state index in [1.807, 2.05) is 51.1 Å². The van der Waals surface area contributed by atoms with E-state index in [9.17, 15) is 9.59 Å². The van der Waals surface area contributed by atoms with Crippen molar-refractivity contribution in [3.8, 4) is 11.3 Å². The van der Waals surface area contributed by atoms with Gasteiger partial charge in [0.25, 0.3) is 0 Å². The molecule has 0 unspecified atom stereocenters. The number of nitrogens with one attached hydrogen (secondary N) is 2. The zero-order valence-electron chi connectivity index (χ0n) is 13.0. The highest BCUT2D eigenvalue weighted by Gasteiger charge is 2.15. The lowest BCUT2D eigenvalue weighted by Gasteiger charge is -2.19. The van der Waals surface area contributed by atoms with Crippen LogP contribution in [0.5, 0.6) is 0 Å². The number of aromatic amines is 1. The summed E-state index contributed by atoms with van der Waals surface area (Å²) in [5.41, 5.74) is 1.99. The van der Waals surface area contributed by atoms with Crippen molar-refractivity contribution in [3.63, 3.8) is 0 Å². The minimum absolute atomic E-state index is 0.131. The SMILES string of the molecule is CC(C)(C)OC(=O)NCc1ccc(-c2cccc(=O)[nH]2)cc1. The predicted octanol–water partition coefficient (Wildman–Crippen LogP) is 3.07. The van der Waals surface area contributed by atoms with Crippen LogP contribution in [0.25, 0.3) is 11.3 Å². The molecule has 0 aliphatic heterocycles. The lowest BCUT2D eigenvalue weighted by molar-refractivity contribution is 0.0523. The fourth-order valence-corrected chi connectivity index (χ4v) is 1.91. The van der Waals surface area contributed by atoms with Gasteiger partial charge in [-0.2, -0.15) is 0 Å². The maximum absolute atomic E-state index is 11.6. The summed E-state index contributed by atoms with van der Waals surface area (Å²) in [7, 11) is 0. The molecule has 0 fully saturated rings. The van der Waals surface area contributed by atoms with Gasteiger partial charge in [0.1, 0.15) is 5.60 Å². The molecule has 1 aromatic carbocycles. The maximum Gasteiger partial charge on any atom is 0.407 e. The molecule has 5 heteroatoms. The van der Waals surface area contributed by atoms with Crippen LogP contribution in [0.2, 0.25) is 0 Å². The van der Waals surface area contributed by atoms with E-state index in [4.69, 9.17) is 4.74 Å². The number of H-pyrrole nitrogens is 1. The number of pyridine rings is 1. The Bertz CT molecular complexity index is 697. The van der Waals surface area contributed by atoms with Crippen molar-refractivity contribution < 1.29 is 9.53 Å². The highest BCUT2D eigenvalue weighted by atomic mass is 16.6. The first kappa shape index (κ1) is 15.8. The van der Waals surface area contributed by atoms with E-state index in [-0.39, 0.29) is 5.56 Å². The van der Waals surface area contributed by atoms with Gasteiger partial charge in [-0.1, -0.05) is 30.3 Å². The van der Waals surface area contributed by atoms with E-state index >= 15 is 0 Å². The van der Waals surface area contributed by atoms with Crippen LogP contribution in [0.1, 0.15) is 26.3 Å². The molecule has 0 radical (unpaired) electrons. The van der Waals surface area contributed by atoms with Gasteiger partial charge >= 0.3 is 6.09 Å². The molecule has 5 nitrogen and oxygen atoms in total. The Kier molecular flexibility index (Phi) is 4.65. The third kappa shape index (κ3) is 4.77. The van der Waals surface area contributed by atoms with Crippen LogP contribution in [-0.4, -0.2) is 16.7 Å². The van der Waals surface area contributed by atoms with E-state index in [1.54, 1.807) is 6.07 Å². The van der Waals surface area contributed by atoms with Gasteiger partial charge in [-0.15, -0.1) is 0 Å². The van der Waals surface area contributed by atoms with Crippen LogP contribution < -0.4 is 10.9 Å². The number of hydrogen-bond acceptors (Lipinski definition) is 3. The van der Waals surface area contributed by atoms with E-state index in [0.29, 0.717) is 6.54 Å². The standard InChI is InChI=1S/C17H20N2O3/c1-17(2,3)22-16(21)18-11-12-7-9-13(10-8-12)14-5-4-6-15(20)19-14/h4-10H,11H2,1-3H3,(H,18,21)(H,19,20). The molecule has 0 saturated carbocycles. The molecule has 0 saturated heterocycles. The van der Waals surface area contributed by atoms with E-state index < -0.39 is 11.7 Å². The first-order chi connectivity index (χ1) is 10.3. The quantitative estimate of drug-likeness (QED) is 0.915. The summed E-state index contributed by atoms with van der Waals surface area (Å²) in [6.45, 7) is 5.85. The van der Waals surface area contributed by atoms with Crippen molar-refractivity contribution in [3.05, 3.63) is 58.4 Å². The zero-order valence-corrected chi connectivity index (χ0v) is 13.0. The smallest absolute Gasteiger partial charge is 0.407 e. The summed E-state index contributed by atoms with van der Waals surface area (Å²) >= 11 is 0. The Morgan fingerprint density at radius 1 is 1.14 bits per heavy atom. The number of rotatable bonds is 3. The molecule has 2 aromatic rings. The van der Waals surface area contributed by atoms with Crippen molar-refractivity contribution in [2.24, 2.45) is 0 Å². The molecule has 0 atom stereocenters. The molecule has 0 aliphatic rings. The fourth-order valence-electron chi connectivity index (χ4n) is 1.91. The molecule has 0 bridgehead atoms. The van der Waals surface area contributed by atoms with Crippen molar-refractivity contribution in [2.45, 2.75) is 32.9 Å². The van der Waals surface area contributed by atoms with Crippen LogP contribution in [0.4, 0.5) is 4.79 Å². The molecular weight excluding hydrogens is 280 g/mol. The summed E-state index contributed by atoms with van der Waals surface area (Å²) in [6, 6.07) is 12.6. The minimum Gasteiger partial charge on any atom is -0.444 e. The number of ether oxygens (including phenoxy) is 1. The lowest BCUT2D eigenvalue weighted by atomic mass is 10.1. The van der Waals surface area contributed by atoms with Crippen molar-refractivity contribution >= 4 is 6.09 Å². The summed E-state index contributed by atoms with van der Waals surface area (Å²) in [5, 5.41) is 2.70. The number of aromatic nitrogens is 1. The highest BCUT2D eigenvalue weighted by Crippen LogP contribution is 2.16. The summed E-state index contributed by atoms with van der Waals surface area (Å²) < 4.78 is 5.18. The Hall–Kier alpha value is -2.56. The number of hydrogen-bond donors (Lipinski definition) is 2. The Morgan fingerprint density at radius 3 is 2.41 bits per heavy atom. The maximum atomic E-state index is 11.6. The molecule has 1 amide bonds. The normalized spacial score (nSPS) is 11.0. The van der Waals surface area contributed by atoms with E-state index in [2.05, 4.69) is 10.3 Å². The third-order valence-electron chi connectivity index (χ3n) is 2.87. The van der Waals surface area contributed by atoms with Gasteiger partial charge < -0.3 is 15.0 Å². The van der Waals surface area contributed by atoms with E-state index in [1.165, 1.54) is 6.07 Å². The lowest BCUT2D eigenvalue weighted by Crippen LogP contribution is -2.32. The summed E-state index contributed by atoms with van der Waals surface area (Å²) in [6.07, 6.45) is -0.441. The Labute approximate surface area is 129 Å². The third-order valence-corrected chi connectivity index (χ3v) is 2.87. The van der Waals surface area contributed by atoms with Gasteiger partial charge in [0.15, 0.2) is 0 Å². The topological polar surface area (TPSA) is 71.2 Å². The van der Waals surface area contributed by atoms with Crippen LogP contribution >= 0.6 is 0 Å². The molecule has 1 aromatic heterocycles. The Balaban J connectivity index is 1.98. The summed E-state index contributed by atoms with van der Waals surface area (Å²) in [5.74, 6) is 0. The molecule has 22 heavy (non-hydrogen) atoms. The monoisotopic (exact) mass is 300 g/mol. The molecule has 2 rings (SSSR count). The van der Waals surface area contributed by atoms with Gasteiger partial charge in [0, 0.05) is 18.3 Å². The molecule has 1 heterocycles. The van der Waals surface area contributed by atoms with Gasteiger partial charge in [0.2, 0.25) is 5.56 Å². The summed E-state index contributed by atoms with van der Waals surface area (Å²) in [4.78, 5) is 25.7. The minimum atomic E-state index is -0.507. The van der Waals surface area contributed by atoms with Gasteiger partial charge in [0.05, 0.1) is 0 Å². The number of alkyl carbamates (subject to hydrolysis) is 1. The number of amides is 1. The molecule has 0 spiro atoms. The van der Waals surface area contributed by atoms with Crippen molar-refractivity contribution in [1.82, 2.24) is 10.3 Å². The van der Waals surface area contributed by atoms with Crippen LogP contribution in [0.15, 0.2) is 47.3 Å². The molecular formula is C17H20N2O3.